The van der Waals surface area contributed by atoms with Crippen LogP contribution in [0.15, 0.2) is 0 Å². The number of nitrogens with zero attached hydrogens (tertiary/aromatic N) is 2. The van der Waals surface area contributed by atoms with Gasteiger partial charge in [-0.3, -0.25) is 14.4 Å². The molecule has 1 atom stereocenters. The highest BCUT2D eigenvalue weighted by molar-refractivity contribution is 5.93. The number of carboxylic acids is 1. The summed E-state index contributed by atoms with van der Waals surface area (Å²) < 4.78 is 0. The molecule has 2 bridgehead atoms. The number of carbonyl (C=O) groups excluding carboxylic acids is 2. The first kappa shape index (κ1) is 15.0. The van der Waals surface area contributed by atoms with Crippen LogP contribution >= 0.6 is 0 Å². The number of hydrogen-bond donors (Lipinski definition) is 1. The zero-order valence-corrected chi connectivity index (χ0v) is 13.4. The fraction of sp³-hybridized carbons (Fsp3) is 0.824. The third-order valence-corrected chi connectivity index (χ3v) is 6.43. The number of piperidine rings is 1. The smallest absolute Gasteiger partial charge is 0.309 e. The van der Waals surface area contributed by atoms with Crippen LogP contribution in [-0.4, -0.2) is 58.4 Å². The van der Waals surface area contributed by atoms with Gasteiger partial charge in [0.25, 0.3) is 0 Å². The van der Waals surface area contributed by atoms with E-state index >= 15 is 0 Å². The lowest BCUT2D eigenvalue weighted by Crippen LogP contribution is -2.72. The second kappa shape index (κ2) is 4.95. The van der Waals surface area contributed by atoms with Gasteiger partial charge in [-0.1, -0.05) is 0 Å². The summed E-state index contributed by atoms with van der Waals surface area (Å²) in [4.78, 5) is 40.0. The van der Waals surface area contributed by atoms with Crippen LogP contribution in [0.3, 0.4) is 0 Å². The van der Waals surface area contributed by atoms with Crippen LogP contribution in [0.5, 0.6) is 0 Å². The van der Waals surface area contributed by atoms with Crippen molar-refractivity contribution in [3.8, 4) is 0 Å². The van der Waals surface area contributed by atoms with Crippen molar-refractivity contribution in [3.05, 3.63) is 0 Å². The monoisotopic (exact) mass is 320 g/mol. The Morgan fingerprint density at radius 3 is 2.43 bits per heavy atom. The predicted molar refractivity (Wildman–Crippen MR) is 81.5 cm³/mol. The molecule has 6 heteroatoms. The molecule has 2 saturated heterocycles. The van der Waals surface area contributed by atoms with E-state index in [1.54, 1.807) is 0 Å². The number of aliphatic carboxylic acids is 1. The van der Waals surface area contributed by atoms with Gasteiger partial charge in [0.2, 0.25) is 11.8 Å². The number of likely N-dealkylation sites (tertiary alicyclic amines) is 2. The Labute approximate surface area is 135 Å². The van der Waals surface area contributed by atoms with Crippen LogP contribution < -0.4 is 0 Å². The average molecular weight is 320 g/mol. The highest BCUT2D eigenvalue weighted by Crippen LogP contribution is 2.74. The van der Waals surface area contributed by atoms with Crippen LogP contribution in [0.25, 0.3) is 0 Å². The van der Waals surface area contributed by atoms with Crippen LogP contribution in [0.1, 0.15) is 51.4 Å². The standard InChI is InChI=1S/C17H24N2O4/c20-13-5-3-6-18(13)8-12-4-1-2-7-19(12)14(21)16-9-17(10-16,11-16)15(22)23/h12H,1-11H2,(H,22,23). The van der Waals surface area contributed by atoms with E-state index in [0.717, 1.165) is 38.8 Å². The second-order valence-electron chi connectivity index (χ2n) is 7.99. The molecule has 1 unspecified atom stereocenters. The van der Waals surface area contributed by atoms with Gasteiger partial charge in [0.1, 0.15) is 0 Å². The van der Waals surface area contributed by atoms with E-state index in [2.05, 4.69) is 0 Å². The lowest BCUT2D eigenvalue weighted by molar-refractivity contribution is -0.228. The Bertz CT molecular complexity index is 553. The molecule has 0 spiro atoms. The molecule has 2 aliphatic heterocycles. The van der Waals surface area contributed by atoms with E-state index in [-0.39, 0.29) is 17.9 Å². The molecule has 3 aliphatic carbocycles. The SMILES string of the molecule is O=C1CCCN1CC1CCCCN1C(=O)C12CC(C(=O)O)(C1)C2. The molecule has 6 nitrogen and oxygen atoms in total. The van der Waals surface area contributed by atoms with Crippen LogP contribution in [0.4, 0.5) is 0 Å². The molecule has 2 amide bonds. The Kier molecular flexibility index (Phi) is 3.22. The lowest BCUT2D eigenvalue weighted by Gasteiger charge is -2.67. The Balaban J connectivity index is 1.43. The maximum atomic E-state index is 13.0. The number of hydrogen-bond acceptors (Lipinski definition) is 3. The van der Waals surface area contributed by atoms with Crippen LogP contribution in [0.2, 0.25) is 0 Å². The van der Waals surface area contributed by atoms with Crippen molar-refractivity contribution in [1.82, 2.24) is 9.80 Å². The van der Waals surface area contributed by atoms with Gasteiger partial charge in [-0.15, -0.1) is 0 Å². The maximum Gasteiger partial charge on any atom is 0.309 e. The molecule has 5 rings (SSSR count). The summed E-state index contributed by atoms with van der Waals surface area (Å²) in [6.45, 7) is 2.22. The fourth-order valence-corrected chi connectivity index (χ4v) is 5.16. The second-order valence-corrected chi connectivity index (χ2v) is 7.99. The molecule has 2 heterocycles. The summed E-state index contributed by atoms with van der Waals surface area (Å²) in [6, 6.07) is 0.119. The topological polar surface area (TPSA) is 77.9 Å². The maximum absolute atomic E-state index is 13.0. The molecule has 5 fully saturated rings. The van der Waals surface area contributed by atoms with E-state index < -0.39 is 16.8 Å². The minimum absolute atomic E-state index is 0.119. The summed E-state index contributed by atoms with van der Waals surface area (Å²) in [7, 11) is 0. The quantitative estimate of drug-likeness (QED) is 0.845. The highest BCUT2D eigenvalue weighted by Gasteiger charge is 2.75. The molecule has 126 valence electrons. The molecule has 0 aromatic rings. The van der Waals surface area contributed by atoms with Gasteiger partial charge in [-0.05, 0) is 44.9 Å². The van der Waals surface area contributed by atoms with Crippen molar-refractivity contribution < 1.29 is 19.5 Å². The Morgan fingerprint density at radius 2 is 1.83 bits per heavy atom. The average Bonchev–Trinajstić information content (AvgIpc) is 2.81. The van der Waals surface area contributed by atoms with E-state index in [9.17, 15) is 19.5 Å². The van der Waals surface area contributed by atoms with Crippen LogP contribution in [0, 0.1) is 10.8 Å². The molecule has 5 aliphatic rings. The molecule has 3 saturated carbocycles. The highest BCUT2D eigenvalue weighted by atomic mass is 16.4. The van der Waals surface area contributed by atoms with Crippen molar-refractivity contribution in [2.75, 3.05) is 19.6 Å². The van der Waals surface area contributed by atoms with E-state index in [1.165, 1.54) is 0 Å². The van der Waals surface area contributed by atoms with Crippen LogP contribution in [-0.2, 0) is 14.4 Å². The van der Waals surface area contributed by atoms with Crippen molar-refractivity contribution in [3.63, 3.8) is 0 Å². The van der Waals surface area contributed by atoms with Gasteiger partial charge in [0, 0.05) is 32.1 Å². The molecule has 0 aromatic carbocycles. The van der Waals surface area contributed by atoms with Gasteiger partial charge in [0.05, 0.1) is 10.8 Å². The van der Waals surface area contributed by atoms with Gasteiger partial charge >= 0.3 is 5.97 Å². The molecular formula is C17H24N2O4. The van der Waals surface area contributed by atoms with Gasteiger partial charge in [-0.25, -0.2) is 0 Å². The summed E-state index contributed by atoms with van der Waals surface area (Å²) in [5, 5.41) is 9.24. The predicted octanol–water partition coefficient (Wildman–Crippen LogP) is 1.24. The first-order valence-electron chi connectivity index (χ1n) is 8.78. The van der Waals surface area contributed by atoms with E-state index in [0.29, 0.717) is 32.2 Å². The van der Waals surface area contributed by atoms with Gasteiger partial charge in [0.15, 0.2) is 0 Å². The van der Waals surface area contributed by atoms with E-state index in [4.69, 9.17) is 0 Å². The lowest BCUT2D eigenvalue weighted by atomic mass is 9.34. The first-order valence-corrected chi connectivity index (χ1v) is 8.78. The minimum Gasteiger partial charge on any atom is -0.481 e. The van der Waals surface area contributed by atoms with Crippen molar-refractivity contribution in [1.29, 1.82) is 0 Å². The van der Waals surface area contributed by atoms with Gasteiger partial charge < -0.3 is 14.9 Å². The zero-order chi connectivity index (χ0) is 16.2. The van der Waals surface area contributed by atoms with E-state index in [1.807, 2.05) is 9.80 Å². The van der Waals surface area contributed by atoms with Gasteiger partial charge in [-0.2, -0.15) is 0 Å². The minimum atomic E-state index is -0.745. The number of carbonyl (C=O) groups is 3. The number of rotatable bonds is 4. The van der Waals surface area contributed by atoms with Crippen molar-refractivity contribution in [2.24, 2.45) is 10.8 Å². The third-order valence-electron chi connectivity index (χ3n) is 6.43. The number of carboxylic acid groups (broad SMARTS) is 1. The summed E-state index contributed by atoms with van der Waals surface area (Å²) in [5.41, 5.74) is -1.01. The fourth-order valence-electron chi connectivity index (χ4n) is 5.16. The third kappa shape index (κ3) is 2.10. The summed E-state index contributed by atoms with van der Waals surface area (Å²) in [6.07, 6.45) is 6.16. The summed E-state index contributed by atoms with van der Waals surface area (Å²) in [5.74, 6) is -0.389. The summed E-state index contributed by atoms with van der Waals surface area (Å²) >= 11 is 0. The molecule has 0 radical (unpaired) electrons. The number of amides is 2. The molecule has 23 heavy (non-hydrogen) atoms. The zero-order valence-electron chi connectivity index (χ0n) is 13.4. The van der Waals surface area contributed by atoms with Crippen molar-refractivity contribution >= 4 is 17.8 Å². The van der Waals surface area contributed by atoms with Crippen molar-refractivity contribution in [2.45, 2.75) is 57.4 Å². The Hall–Kier alpha value is -1.59. The molecular weight excluding hydrogens is 296 g/mol. The molecule has 1 N–H and O–H groups in total. The Morgan fingerprint density at radius 1 is 1.09 bits per heavy atom. The normalized spacial score (nSPS) is 39.0. The largest absolute Gasteiger partial charge is 0.481 e. The first-order chi connectivity index (χ1) is 11.0. The molecule has 0 aromatic heterocycles.